The second kappa shape index (κ2) is 10.8. The van der Waals surface area contributed by atoms with Gasteiger partial charge in [-0.25, -0.2) is 0 Å². The van der Waals surface area contributed by atoms with Crippen LogP contribution in [-0.4, -0.2) is 83.1 Å². The molecule has 204 valence electrons. The highest BCUT2D eigenvalue weighted by Gasteiger charge is 2.50. The molecule has 1 saturated heterocycles. The summed E-state index contributed by atoms with van der Waals surface area (Å²) in [5.74, 6) is -0.615. The molecule has 1 aromatic heterocycles. The lowest BCUT2D eigenvalue weighted by molar-refractivity contribution is -0.141. The van der Waals surface area contributed by atoms with E-state index in [1.165, 1.54) is 0 Å². The number of H-pyrrole nitrogens is 1. The number of aromatic amines is 1. The smallest absolute Gasteiger partial charge is 0.247 e. The van der Waals surface area contributed by atoms with E-state index in [0.29, 0.717) is 43.9 Å². The van der Waals surface area contributed by atoms with Gasteiger partial charge in [0.15, 0.2) is 0 Å². The fourth-order valence-corrected chi connectivity index (χ4v) is 6.07. The Bertz CT molecular complexity index is 1360. The maximum absolute atomic E-state index is 13.9. The van der Waals surface area contributed by atoms with Crippen molar-refractivity contribution in [1.29, 1.82) is 0 Å². The van der Waals surface area contributed by atoms with Gasteiger partial charge in [-0.3, -0.25) is 9.59 Å². The lowest BCUT2D eigenvalue weighted by Crippen LogP contribution is -2.57. The molecule has 0 saturated carbocycles. The summed E-state index contributed by atoms with van der Waals surface area (Å²) in [5.41, 5.74) is 3.26. The molecular formula is C30H33N3O6. The molecular weight excluding hydrogens is 498 g/mol. The van der Waals surface area contributed by atoms with E-state index in [4.69, 9.17) is 9.47 Å². The average molecular weight is 532 g/mol. The number of hydrogen-bond donors (Lipinski definition) is 4. The molecule has 2 amide bonds. The fourth-order valence-electron chi connectivity index (χ4n) is 6.07. The minimum atomic E-state index is -1.05. The van der Waals surface area contributed by atoms with Crippen LogP contribution in [0.5, 0.6) is 5.75 Å². The van der Waals surface area contributed by atoms with E-state index >= 15 is 0 Å². The van der Waals surface area contributed by atoms with Crippen LogP contribution in [0.2, 0.25) is 0 Å². The first-order chi connectivity index (χ1) is 19.0. The molecule has 0 spiro atoms. The number of carbonyl (C=O) groups is 2. The summed E-state index contributed by atoms with van der Waals surface area (Å²) in [6, 6.07) is 16.8. The highest BCUT2D eigenvalue weighted by Crippen LogP contribution is 2.47. The van der Waals surface area contributed by atoms with Gasteiger partial charge in [0.05, 0.1) is 31.1 Å². The van der Waals surface area contributed by atoms with Crippen molar-refractivity contribution in [3.8, 4) is 5.75 Å². The van der Waals surface area contributed by atoms with Crippen LogP contribution < -0.4 is 10.1 Å². The van der Waals surface area contributed by atoms with Crippen LogP contribution in [-0.2, 0) is 20.7 Å². The summed E-state index contributed by atoms with van der Waals surface area (Å²) < 4.78 is 11.7. The molecule has 0 bridgehead atoms. The zero-order valence-corrected chi connectivity index (χ0v) is 21.6. The van der Waals surface area contributed by atoms with Crippen molar-refractivity contribution in [2.75, 3.05) is 32.9 Å². The number of nitrogens with zero attached hydrogens (tertiary/aromatic N) is 1. The van der Waals surface area contributed by atoms with E-state index in [0.717, 1.165) is 22.2 Å². The Kier molecular flexibility index (Phi) is 7.12. The van der Waals surface area contributed by atoms with E-state index in [-0.39, 0.29) is 30.9 Å². The SMILES string of the molecule is O=C(NCCO)C1=C[C@@H](N(CCc2cc3ccccc3[nH]2)C(=O)C2CCOC2)[C@H](O)[C@H]2Oc3ccccc3[C@@H]12. The Balaban J connectivity index is 1.35. The monoisotopic (exact) mass is 531 g/mol. The Morgan fingerprint density at radius 1 is 1.13 bits per heavy atom. The fraction of sp³-hybridized carbons (Fsp3) is 0.400. The zero-order chi connectivity index (χ0) is 26.9. The third-order valence-electron chi connectivity index (χ3n) is 8.01. The molecule has 1 fully saturated rings. The molecule has 9 nitrogen and oxygen atoms in total. The van der Waals surface area contributed by atoms with Gasteiger partial charge < -0.3 is 34.9 Å². The average Bonchev–Trinajstić information content (AvgIpc) is 3.71. The first-order valence-electron chi connectivity index (χ1n) is 13.5. The van der Waals surface area contributed by atoms with Crippen molar-refractivity contribution in [3.63, 3.8) is 0 Å². The van der Waals surface area contributed by atoms with E-state index < -0.39 is 24.2 Å². The van der Waals surface area contributed by atoms with Crippen LogP contribution >= 0.6 is 0 Å². The number of rotatable bonds is 8. The zero-order valence-electron chi connectivity index (χ0n) is 21.6. The molecule has 4 N–H and O–H groups in total. The minimum Gasteiger partial charge on any atom is -0.486 e. The Morgan fingerprint density at radius 2 is 1.95 bits per heavy atom. The van der Waals surface area contributed by atoms with Crippen LogP contribution in [0.25, 0.3) is 10.9 Å². The van der Waals surface area contributed by atoms with Crippen molar-refractivity contribution in [1.82, 2.24) is 15.2 Å². The molecule has 3 aliphatic rings. The number of benzene rings is 2. The topological polar surface area (TPSA) is 124 Å². The number of hydrogen-bond acceptors (Lipinski definition) is 6. The summed E-state index contributed by atoms with van der Waals surface area (Å²) in [6.07, 6.45) is 1.11. The molecule has 1 unspecified atom stereocenters. The summed E-state index contributed by atoms with van der Waals surface area (Å²) in [7, 11) is 0. The van der Waals surface area contributed by atoms with Crippen molar-refractivity contribution < 1.29 is 29.3 Å². The number of aromatic nitrogens is 1. The van der Waals surface area contributed by atoms with E-state index in [1.54, 1.807) is 11.0 Å². The first-order valence-corrected chi connectivity index (χ1v) is 13.5. The van der Waals surface area contributed by atoms with E-state index in [9.17, 15) is 19.8 Å². The number of aliphatic hydroxyl groups excluding tert-OH is 2. The summed E-state index contributed by atoms with van der Waals surface area (Å²) in [6.45, 7) is 1.12. The standard InChI is InChI=1S/C30H33N3O6/c34-13-11-31-29(36)22-16-24(27(35)28-26(22)21-6-2-4-8-25(21)39-28)33(30(37)19-10-14-38-17-19)12-9-20-15-18-5-1-3-7-23(18)32-20/h1-8,15-16,19,24,26-28,32,34-35H,9-14,17H2,(H,31,36)/t19?,24-,26+,27+,28+/m1/s1. The van der Waals surface area contributed by atoms with E-state index in [2.05, 4.69) is 16.4 Å². The maximum atomic E-state index is 13.9. The van der Waals surface area contributed by atoms with Crippen molar-refractivity contribution in [3.05, 3.63) is 77.5 Å². The number of para-hydroxylation sites is 2. The largest absolute Gasteiger partial charge is 0.486 e. The van der Waals surface area contributed by atoms with Crippen LogP contribution in [0.4, 0.5) is 0 Å². The third-order valence-corrected chi connectivity index (χ3v) is 8.01. The number of fused-ring (bicyclic) bond motifs is 4. The van der Waals surface area contributed by atoms with Gasteiger partial charge in [-0.15, -0.1) is 0 Å². The lowest BCUT2D eigenvalue weighted by Gasteiger charge is -2.41. The number of ether oxygens (including phenoxy) is 2. The molecule has 6 rings (SSSR count). The van der Waals surface area contributed by atoms with Crippen LogP contribution in [0.3, 0.4) is 0 Å². The molecule has 3 aromatic rings. The van der Waals surface area contributed by atoms with Gasteiger partial charge >= 0.3 is 0 Å². The number of nitrogens with one attached hydrogen (secondary N) is 2. The summed E-state index contributed by atoms with van der Waals surface area (Å²) in [5, 5.41) is 24.8. The van der Waals surface area contributed by atoms with Gasteiger partial charge in [-0.1, -0.05) is 36.4 Å². The van der Waals surface area contributed by atoms with E-state index in [1.807, 2.05) is 48.5 Å². The molecule has 2 aliphatic heterocycles. The van der Waals surface area contributed by atoms with Crippen LogP contribution in [0.15, 0.2) is 66.2 Å². The normalized spacial score (nSPS) is 25.5. The van der Waals surface area contributed by atoms with Crippen molar-refractivity contribution in [2.45, 2.75) is 37.0 Å². The minimum absolute atomic E-state index is 0.103. The Morgan fingerprint density at radius 3 is 2.74 bits per heavy atom. The van der Waals surface area contributed by atoms with Gasteiger partial charge in [0.25, 0.3) is 0 Å². The molecule has 5 atom stereocenters. The summed E-state index contributed by atoms with van der Waals surface area (Å²) >= 11 is 0. The van der Waals surface area contributed by atoms with Crippen molar-refractivity contribution in [2.24, 2.45) is 5.92 Å². The Hall–Kier alpha value is -3.66. The quantitative estimate of drug-likeness (QED) is 0.352. The van der Waals surface area contributed by atoms with Crippen LogP contribution in [0, 0.1) is 5.92 Å². The van der Waals surface area contributed by atoms with Gasteiger partial charge in [-0.05, 0) is 36.1 Å². The van der Waals surface area contributed by atoms with Crippen LogP contribution in [0.1, 0.15) is 23.6 Å². The van der Waals surface area contributed by atoms with Gasteiger partial charge in [0, 0.05) is 48.5 Å². The highest BCUT2D eigenvalue weighted by atomic mass is 16.5. The number of aliphatic hydroxyl groups is 2. The molecule has 1 aliphatic carbocycles. The maximum Gasteiger partial charge on any atom is 0.247 e. The van der Waals surface area contributed by atoms with Gasteiger partial charge in [0.1, 0.15) is 18.0 Å². The Labute approximate surface area is 226 Å². The highest BCUT2D eigenvalue weighted by molar-refractivity contribution is 5.96. The second-order valence-corrected chi connectivity index (χ2v) is 10.4. The first kappa shape index (κ1) is 25.6. The predicted octanol–water partition coefficient (Wildman–Crippen LogP) is 1.90. The number of carbonyl (C=O) groups excluding carboxylic acids is 2. The molecule has 3 heterocycles. The van der Waals surface area contributed by atoms with Gasteiger partial charge in [0.2, 0.25) is 11.8 Å². The molecule has 39 heavy (non-hydrogen) atoms. The number of amides is 2. The molecule has 2 aromatic carbocycles. The molecule has 0 radical (unpaired) electrons. The van der Waals surface area contributed by atoms with Crippen molar-refractivity contribution >= 4 is 22.7 Å². The predicted molar refractivity (Wildman–Crippen MR) is 144 cm³/mol. The second-order valence-electron chi connectivity index (χ2n) is 10.4. The molecule has 9 heteroatoms. The summed E-state index contributed by atoms with van der Waals surface area (Å²) in [4.78, 5) is 32.3. The van der Waals surface area contributed by atoms with Gasteiger partial charge in [-0.2, -0.15) is 0 Å². The lowest BCUT2D eigenvalue weighted by atomic mass is 9.77. The third kappa shape index (κ3) is 4.82.